The number of anilines is 2. The molecule has 0 radical (unpaired) electrons. The lowest BCUT2D eigenvalue weighted by Gasteiger charge is -2.35. The van der Waals surface area contributed by atoms with E-state index < -0.39 is 0 Å². The number of carbonyl (C=O) groups is 1. The van der Waals surface area contributed by atoms with Gasteiger partial charge < -0.3 is 20.0 Å². The predicted octanol–water partition coefficient (Wildman–Crippen LogP) is 1.53. The van der Waals surface area contributed by atoms with Crippen LogP contribution in [0.1, 0.15) is 16.2 Å². The summed E-state index contributed by atoms with van der Waals surface area (Å²) < 4.78 is 5.17. The van der Waals surface area contributed by atoms with Gasteiger partial charge in [-0.05, 0) is 25.1 Å². The maximum absolute atomic E-state index is 12.3. The number of nitrogens with zero attached hydrogens (tertiary/aromatic N) is 3. The van der Waals surface area contributed by atoms with Crippen LogP contribution in [0.3, 0.4) is 0 Å². The smallest absolute Gasteiger partial charge is 0.291 e. The summed E-state index contributed by atoms with van der Waals surface area (Å²) in [7, 11) is 0. The molecule has 1 aromatic heterocycles. The van der Waals surface area contributed by atoms with Crippen LogP contribution in [0.15, 0.2) is 35.1 Å². The van der Waals surface area contributed by atoms with Crippen molar-refractivity contribution in [3.05, 3.63) is 42.1 Å². The molecule has 1 aliphatic rings. The SMILES string of the molecule is Cc1ncoc1C(=O)N1CCN(c2cccc(N)c2)CC1. The highest BCUT2D eigenvalue weighted by molar-refractivity contribution is 5.92. The van der Waals surface area contributed by atoms with Crippen LogP contribution in [0.25, 0.3) is 0 Å². The Bertz CT molecular complexity index is 645. The van der Waals surface area contributed by atoms with E-state index in [1.54, 1.807) is 11.8 Å². The van der Waals surface area contributed by atoms with Crippen molar-refractivity contribution in [3.63, 3.8) is 0 Å². The number of nitrogens with two attached hydrogens (primary N) is 1. The molecule has 0 saturated carbocycles. The summed E-state index contributed by atoms with van der Waals surface area (Å²) in [4.78, 5) is 20.3. The van der Waals surface area contributed by atoms with Crippen molar-refractivity contribution in [2.45, 2.75) is 6.92 Å². The number of rotatable bonds is 2. The monoisotopic (exact) mass is 286 g/mol. The zero-order valence-corrected chi connectivity index (χ0v) is 12.0. The lowest BCUT2D eigenvalue weighted by atomic mass is 10.2. The van der Waals surface area contributed by atoms with E-state index in [0.717, 1.165) is 24.5 Å². The zero-order chi connectivity index (χ0) is 14.8. The average molecular weight is 286 g/mol. The van der Waals surface area contributed by atoms with Crippen LogP contribution in [0.2, 0.25) is 0 Å². The molecule has 0 spiro atoms. The number of aromatic nitrogens is 1. The van der Waals surface area contributed by atoms with E-state index in [1.807, 2.05) is 24.3 Å². The number of hydrogen-bond acceptors (Lipinski definition) is 5. The molecular formula is C15H18N4O2. The molecule has 1 saturated heterocycles. The molecule has 2 heterocycles. The third kappa shape index (κ3) is 2.69. The Kier molecular flexibility index (Phi) is 3.51. The minimum absolute atomic E-state index is 0.0859. The lowest BCUT2D eigenvalue weighted by Crippen LogP contribution is -2.48. The van der Waals surface area contributed by atoms with Gasteiger partial charge in [-0.3, -0.25) is 4.79 Å². The predicted molar refractivity (Wildman–Crippen MR) is 80.2 cm³/mol. The van der Waals surface area contributed by atoms with Gasteiger partial charge in [-0.2, -0.15) is 0 Å². The maximum Gasteiger partial charge on any atom is 0.291 e. The van der Waals surface area contributed by atoms with Crippen molar-refractivity contribution in [2.75, 3.05) is 36.8 Å². The van der Waals surface area contributed by atoms with Gasteiger partial charge in [0, 0.05) is 37.6 Å². The molecule has 1 fully saturated rings. The highest BCUT2D eigenvalue weighted by Crippen LogP contribution is 2.20. The highest BCUT2D eigenvalue weighted by Gasteiger charge is 2.25. The van der Waals surface area contributed by atoms with E-state index in [-0.39, 0.29) is 5.91 Å². The molecule has 0 atom stereocenters. The van der Waals surface area contributed by atoms with Crippen LogP contribution < -0.4 is 10.6 Å². The highest BCUT2D eigenvalue weighted by atomic mass is 16.3. The van der Waals surface area contributed by atoms with E-state index in [0.29, 0.717) is 24.5 Å². The largest absolute Gasteiger partial charge is 0.438 e. The summed E-state index contributed by atoms with van der Waals surface area (Å²) in [6, 6.07) is 7.81. The van der Waals surface area contributed by atoms with E-state index in [9.17, 15) is 4.79 Å². The van der Waals surface area contributed by atoms with Gasteiger partial charge in [0.15, 0.2) is 6.39 Å². The first-order valence-corrected chi connectivity index (χ1v) is 6.95. The first-order chi connectivity index (χ1) is 10.1. The van der Waals surface area contributed by atoms with Gasteiger partial charge in [0.2, 0.25) is 5.76 Å². The van der Waals surface area contributed by atoms with E-state index in [1.165, 1.54) is 6.39 Å². The molecule has 1 amide bonds. The number of nitrogen functional groups attached to an aromatic ring is 1. The molecule has 1 aromatic carbocycles. The summed E-state index contributed by atoms with van der Waals surface area (Å²) in [5.41, 5.74) is 8.30. The maximum atomic E-state index is 12.3. The average Bonchev–Trinajstić information content (AvgIpc) is 2.93. The number of aryl methyl sites for hydroxylation is 1. The number of carbonyl (C=O) groups excluding carboxylic acids is 1. The first kappa shape index (κ1) is 13.5. The number of benzene rings is 1. The number of hydrogen-bond donors (Lipinski definition) is 1. The topological polar surface area (TPSA) is 75.6 Å². The molecular weight excluding hydrogens is 268 g/mol. The molecule has 110 valence electrons. The second-order valence-electron chi connectivity index (χ2n) is 5.14. The minimum Gasteiger partial charge on any atom is -0.438 e. The summed E-state index contributed by atoms with van der Waals surface area (Å²) in [6.45, 7) is 4.66. The first-order valence-electron chi connectivity index (χ1n) is 6.95. The van der Waals surface area contributed by atoms with Gasteiger partial charge in [-0.25, -0.2) is 4.98 Å². The molecule has 1 aliphatic heterocycles. The molecule has 3 rings (SSSR count). The van der Waals surface area contributed by atoms with E-state index >= 15 is 0 Å². The Hall–Kier alpha value is -2.50. The number of oxazole rings is 1. The zero-order valence-electron chi connectivity index (χ0n) is 12.0. The third-order valence-electron chi connectivity index (χ3n) is 3.74. The summed E-state index contributed by atoms with van der Waals surface area (Å²) >= 11 is 0. The number of piperazine rings is 1. The second-order valence-corrected chi connectivity index (χ2v) is 5.14. The van der Waals surface area contributed by atoms with Crippen molar-refractivity contribution >= 4 is 17.3 Å². The van der Waals surface area contributed by atoms with Crippen molar-refractivity contribution in [1.29, 1.82) is 0 Å². The van der Waals surface area contributed by atoms with Gasteiger partial charge in [-0.1, -0.05) is 6.07 Å². The van der Waals surface area contributed by atoms with Crippen LogP contribution in [0, 0.1) is 6.92 Å². The Labute approximate surface area is 123 Å². The fourth-order valence-electron chi connectivity index (χ4n) is 2.54. The third-order valence-corrected chi connectivity index (χ3v) is 3.74. The Morgan fingerprint density at radius 1 is 1.29 bits per heavy atom. The van der Waals surface area contributed by atoms with E-state index in [4.69, 9.17) is 10.2 Å². The van der Waals surface area contributed by atoms with Crippen molar-refractivity contribution < 1.29 is 9.21 Å². The van der Waals surface area contributed by atoms with Crippen LogP contribution in [-0.2, 0) is 0 Å². The van der Waals surface area contributed by atoms with Crippen LogP contribution in [0.4, 0.5) is 11.4 Å². The minimum atomic E-state index is -0.0859. The van der Waals surface area contributed by atoms with Gasteiger partial charge in [0.05, 0.1) is 5.69 Å². The summed E-state index contributed by atoms with van der Waals surface area (Å²) in [5.74, 6) is 0.254. The molecule has 0 unspecified atom stereocenters. The Morgan fingerprint density at radius 2 is 2.05 bits per heavy atom. The van der Waals surface area contributed by atoms with Gasteiger partial charge in [-0.15, -0.1) is 0 Å². The molecule has 2 aromatic rings. The number of amides is 1. The van der Waals surface area contributed by atoms with Gasteiger partial charge in [0.1, 0.15) is 0 Å². The van der Waals surface area contributed by atoms with Crippen LogP contribution in [0.5, 0.6) is 0 Å². The van der Waals surface area contributed by atoms with Gasteiger partial charge >= 0.3 is 0 Å². The van der Waals surface area contributed by atoms with E-state index in [2.05, 4.69) is 9.88 Å². The van der Waals surface area contributed by atoms with Crippen molar-refractivity contribution in [1.82, 2.24) is 9.88 Å². The Morgan fingerprint density at radius 3 is 2.67 bits per heavy atom. The normalized spacial score (nSPS) is 15.3. The lowest BCUT2D eigenvalue weighted by molar-refractivity contribution is 0.0713. The molecule has 21 heavy (non-hydrogen) atoms. The quantitative estimate of drug-likeness (QED) is 0.847. The second kappa shape index (κ2) is 5.47. The van der Waals surface area contributed by atoms with Crippen LogP contribution in [-0.4, -0.2) is 42.0 Å². The molecule has 6 heteroatoms. The standard InChI is InChI=1S/C15H18N4O2/c1-11-14(21-10-17-11)15(20)19-7-5-18(6-8-19)13-4-2-3-12(16)9-13/h2-4,9-10H,5-8,16H2,1H3. The summed E-state index contributed by atoms with van der Waals surface area (Å²) in [6.07, 6.45) is 1.31. The molecule has 2 N–H and O–H groups in total. The van der Waals surface area contributed by atoms with Crippen molar-refractivity contribution in [2.24, 2.45) is 0 Å². The fraction of sp³-hybridized carbons (Fsp3) is 0.333. The Balaban J connectivity index is 1.65. The van der Waals surface area contributed by atoms with Gasteiger partial charge in [0.25, 0.3) is 5.91 Å². The molecule has 0 aliphatic carbocycles. The fourth-order valence-corrected chi connectivity index (χ4v) is 2.54. The van der Waals surface area contributed by atoms with Crippen LogP contribution >= 0.6 is 0 Å². The molecule has 6 nitrogen and oxygen atoms in total. The summed E-state index contributed by atoms with van der Waals surface area (Å²) in [5, 5.41) is 0. The molecule has 0 bridgehead atoms. The van der Waals surface area contributed by atoms with Crippen molar-refractivity contribution in [3.8, 4) is 0 Å².